The molecule has 2 unspecified atom stereocenters. The summed E-state index contributed by atoms with van der Waals surface area (Å²) in [5, 5.41) is 9.46. The molecule has 78 valence electrons. The molecule has 1 spiro atoms. The highest BCUT2D eigenvalue weighted by Crippen LogP contribution is 2.50. The minimum atomic E-state index is -0.740. The first kappa shape index (κ1) is 9.94. The molecular formula is C12H18O2. The van der Waals surface area contributed by atoms with E-state index in [0.29, 0.717) is 0 Å². The maximum absolute atomic E-state index is 9.46. The number of aliphatic hydroxyl groups is 1. The van der Waals surface area contributed by atoms with Gasteiger partial charge in [-0.15, -0.1) is 0 Å². The van der Waals surface area contributed by atoms with Crippen LogP contribution in [-0.2, 0) is 4.74 Å². The summed E-state index contributed by atoms with van der Waals surface area (Å²) in [6.07, 6.45) is 7.44. The number of hydrogen-bond acceptors (Lipinski definition) is 2. The fourth-order valence-corrected chi connectivity index (χ4v) is 2.62. The molecule has 0 aromatic rings. The molecule has 2 heteroatoms. The van der Waals surface area contributed by atoms with Crippen molar-refractivity contribution >= 4 is 0 Å². The summed E-state index contributed by atoms with van der Waals surface area (Å²) in [6, 6.07) is 0. The zero-order chi connectivity index (χ0) is 10.4. The quantitative estimate of drug-likeness (QED) is 0.600. The van der Waals surface area contributed by atoms with Crippen molar-refractivity contribution in [3.05, 3.63) is 23.8 Å². The van der Waals surface area contributed by atoms with E-state index in [1.807, 2.05) is 6.08 Å². The van der Waals surface area contributed by atoms with Gasteiger partial charge in [0.05, 0.1) is 0 Å². The lowest BCUT2D eigenvalue weighted by molar-refractivity contribution is -0.152. The van der Waals surface area contributed by atoms with Gasteiger partial charge < -0.3 is 9.84 Å². The fourth-order valence-electron chi connectivity index (χ4n) is 2.62. The average Bonchev–Trinajstić information content (AvgIpc) is 2.46. The van der Waals surface area contributed by atoms with Crippen LogP contribution in [0, 0.1) is 5.41 Å². The Balaban J connectivity index is 2.43. The average molecular weight is 194 g/mol. The lowest BCUT2D eigenvalue weighted by Gasteiger charge is -2.46. The maximum Gasteiger partial charge on any atom is 0.175 e. The fraction of sp³-hybridized carbons (Fsp3) is 0.667. The van der Waals surface area contributed by atoms with Crippen LogP contribution < -0.4 is 0 Å². The molecule has 1 heterocycles. The van der Waals surface area contributed by atoms with Crippen LogP contribution in [0.15, 0.2) is 23.8 Å². The molecule has 1 aliphatic carbocycles. The maximum atomic E-state index is 9.46. The van der Waals surface area contributed by atoms with Crippen molar-refractivity contribution in [3.63, 3.8) is 0 Å². The standard InChI is InChI=1S/C12H18O2/c1-9-5-4-7-11(2,3)12(9)8-6-10(13)14-12/h5-6,8,10,13H,4,7H2,1-3H3. The van der Waals surface area contributed by atoms with Gasteiger partial charge in [-0.05, 0) is 37.5 Å². The van der Waals surface area contributed by atoms with E-state index in [0.717, 1.165) is 12.8 Å². The van der Waals surface area contributed by atoms with Crippen LogP contribution >= 0.6 is 0 Å². The van der Waals surface area contributed by atoms with Crippen molar-refractivity contribution in [2.75, 3.05) is 0 Å². The second-order valence-corrected chi connectivity index (χ2v) is 4.91. The van der Waals surface area contributed by atoms with E-state index >= 15 is 0 Å². The van der Waals surface area contributed by atoms with Gasteiger partial charge in [0.25, 0.3) is 0 Å². The Hall–Kier alpha value is -0.600. The summed E-state index contributed by atoms with van der Waals surface area (Å²) < 4.78 is 5.69. The minimum Gasteiger partial charge on any atom is -0.365 e. The topological polar surface area (TPSA) is 29.5 Å². The van der Waals surface area contributed by atoms with Gasteiger partial charge in [-0.3, -0.25) is 0 Å². The smallest absolute Gasteiger partial charge is 0.175 e. The molecule has 14 heavy (non-hydrogen) atoms. The molecule has 0 saturated carbocycles. The molecular weight excluding hydrogens is 176 g/mol. The summed E-state index contributed by atoms with van der Waals surface area (Å²) in [7, 11) is 0. The highest BCUT2D eigenvalue weighted by molar-refractivity contribution is 5.33. The van der Waals surface area contributed by atoms with Crippen molar-refractivity contribution in [2.45, 2.75) is 45.5 Å². The molecule has 0 saturated heterocycles. The molecule has 1 N–H and O–H groups in total. The van der Waals surface area contributed by atoms with E-state index in [2.05, 4.69) is 26.8 Å². The SMILES string of the molecule is CC1=CCCC(C)(C)C12C=CC(O)O2. The Kier molecular flexibility index (Phi) is 2.09. The molecule has 2 aliphatic rings. The number of hydrogen-bond donors (Lipinski definition) is 1. The molecule has 0 aromatic carbocycles. The van der Waals surface area contributed by atoms with E-state index in [1.54, 1.807) is 6.08 Å². The Morgan fingerprint density at radius 2 is 2.21 bits per heavy atom. The molecule has 2 atom stereocenters. The number of allylic oxidation sites excluding steroid dienone is 1. The first-order valence-electron chi connectivity index (χ1n) is 5.20. The third-order valence-electron chi connectivity index (χ3n) is 3.61. The van der Waals surface area contributed by atoms with Crippen LogP contribution in [-0.4, -0.2) is 17.0 Å². The Labute approximate surface area is 85.3 Å². The molecule has 2 nitrogen and oxygen atoms in total. The summed E-state index contributed by atoms with van der Waals surface area (Å²) >= 11 is 0. The summed E-state index contributed by atoms with van der Waals surface area (Å²) in [6.45, 7) is 6.49. The Bertz CT molecular complexity index is 301. The van der Waals surface area contributed by atoms with E-state index in [9.17, 15) is 5.11 Å². The molecule has 0 radical (unpaired) electrons. The van der Waals surface area contributed by atoms with Gasteiger partial charge >= 0.3 is 0 Å². The number of rotatable bonds is 0. The largest absolute Gasteiger partial charge is 0.365 e. The minimum absolute atomic E-state index is 0.0693. The zero-order valence-electron chi connectivity index (χ0n) is 9.08. The summed E-state index contributed by atoms with van der Waals surface area (Å²) in [4.78, 5) is 0. The normalized spacial score (nSPS) is 40.3. The van der Waals surface area contributed by atoms with Crippen molar-refractivity contribution in [1.82, 2.24) is 0 Å². The lowest BCUT2D eigenvalue weighted by Crippen LogP contribution is -2.47. The van der Waals surface area contributed by atoms with Crippen LogP contribution in [0.2, 0.25) is 0 Å². The van der Waals surface area contributed by atoms with Gasteiger partial charge in [-0.1, -0.05) is 19.9 Å². The first-order valence-corrected chi connectivity index (χ1v) is 5.20. The van der Waals surface area contributed by atoms with E-state index in [-0.39, 0.29) is 11.0 Å². The number of ether oxygens (including phenoxy) is 1. The summed E-state index contributed by atoms with van der Waals surface area (Å²) in [5.74, 6) is 0. The first-order chi connectivity index (χ1) is 6.48. The molecule has 0 aromatic heterocycles. The van der Waals surface area contributed by atoms with Crippen molar-refractivity contribution < 1.29 is 9.84 Å². The van der Waals surface area contributed by atoms with Gasteiger partial charge in [-0.2, -0.15) is 0 Å². The predicted molar refractivity (Wildman–Crippen MR) is 55.7 cm³/mol. The van der Waals surface area contributed by atoms with Gasteiger partial charge in [0.2, 0.25) is 0 Å². The monoisotopic (exact) mass is 194 g/mol. The molecule has 0 bridgehead atoms. The predicted octanol–water partition coefficient (Wildman–Crippen LogP) is 2.40. The van der Waals surface area contributed by atoms with E-state index < -0.39 is 6.29 Å². The Morgan fingerprint density at radius 1 is 1.50 bits per heavy atom. The number of aliphatic hydroxyl groups excluding tert-OH is 1. The van der Waals surface area contributed by atoms with Crippen molar-refractivity contribution in [2.24, 2.45) is 5.41 Å². The van der Waals surface area contributed by atoms with E-state index in [4.69, 9.17) is 4.74 Å². The lowest BCUT2D eigenvalue weighted by atomic mass is 9.65. The molecule has 2 rings (SSSR count). The summed E-state index contributed by atoms with van der Waals surface area (Å²) in [5.41, 5.74) is 0.923. The van der Waals surface area contributed by atoms with Crippen LogP contribution in [0.1, 0.15) is 33.6 Å². The van der Waals surface area contributed by atoms with Crippen LogP contribution in [0.5, 0.6) is 0 Å². The highest BCUT2D eigenvalue weighted by Gasteiger charge is 2.50. The Morgan fingerprint density at radius 3 is 2.71 bits per heavy atom. The second-order valence-electron chi connectivity index (χ2n) is 4.91. The van der Waals surface area contributed by atoms with Gasteiger partial charge in [-0.25, -0.2) is 0 Å². The van der Waals surface area contributed by atoms with Crippen molar-refractivity contribution in [1.29, 1.82) is 0 Å². The van der Waals surface area contributed by atoms with Gasteiger partial charge in [0.15, 0.2) is 6.29 Å². The molecule has 0 amide bonds. The van der Waals surface area contributed by atoms with Crippen LogP contribution in [0.25, 0.3) is 0 Å². The molecule has 0 fully saturated rings. The third-order valence-corrected chi connectivity index (χ3v) is 3.61. The van der Waals surface area contributed by atoms with Gasteiger partial charge in [0.1, 0.15) is 5.60 Å². The van der Waals surface area contributed by atoms with E-state index in [1.165, 1.54) is 5.57 Å². The van der Waals surface area contributed by atoms with Gasteiger partial charge in [0, 0.05) is 5.41 Å². The highest BCUT2D eigenvalue weighted by atomic mass is 16.6. The van der Waals surface area contributed by atoms with Crippen molar-refractivity contribution in [3.8, 4) is 0 Å². The van der Waals surface area contributed by atoms with Crippen LogP contribution in [0.4, 0.5) is 0 Å². The second kappa shape index (κ2) is 2.94. The van der Waals surface area contributed by atoms with Crippen LogP contribution in [0.3, 0.4) is 0 Å². The third kappa shape index (κ3) is 1.17. The zero-order valence-corrected chi connectivity index (χ0v) is 9.08. The molecule has 1 aliphatic heterocycles.